The van der Waals surface area contributed by atoms with Crippen molar-refractivity contribution in [3.63, 3.8) is 0 Å². The Morgan fingerprint density at radius 1 is 1.00 bits per heavy atom. The van der Waals surface area contributed by atoms with Crippen LogP contribution in [-0.2, 0) is 10.1 Å². The largest absolute Gasteiger partial charge is 0.505 e. The van der Waals surface area contributed by atoms with Gasteiger partial charge in [0.15, 0.2) is 5.75 Å². The number of anilines is 1. The molecule has 0 fully saturated rings. The Labute approximate surface area is 222 Å². The standard InChI is InChI=1S/C25H19Cl2N3O6S/c1-13-9-22(37(33,34)35)20(12-19(13)27)29-30-23-16-6-4-3-5-14(16)10-17(24(23)31)25(32)28-15-7-8-18(26)21(11-15)36-2/h3-12,31H,1-2H3,(H,28,32)(H,33,34,35). The summed E-state index contributed by atoms with van der Waals surface area (Å²) in [5.74, 6) is -0.795. The summed E-state index contributed by atoms with van der Waals surface area (Å²) in [6, 6.07) is 15.3. The molecule has 0 spiro atoms. The zero-order chi connectivity index (χ0) is 26.9. The van der Waals surface area contributed by atoms with E-state index in [1.165, 1.54) is 25.3 Å². The Balaban J connectivity index is 1.82. The molecule has 12 heteroatoms. The number of phenolic OH excluding ortho intramolecular Hbond substituents is 1. The van der Waals surface area contributed by atoms with Crippen LogP contribution in [0.25, 0.3) is 10.8 Å². The summed E-state index contributed by atoms with van der Waals surface area (Å²) in [6.45, 7) is 1.57. The van der Waals surface area contributed by atoms with Gasteiger partial charge >= 0.3 is 0 Å². The number of carbonyl (C=O) groups excluding carboxylic acids is 1. The number of halogens is 2. The van der Waals surface area contributed by atoms with Crippen molar-refractivity contribution < 1.29 is 27.6 Å². The van der Waals surface area contributed by atoms with Gasteiger partial charge in [0, 0.05) is 22.2 Å². The van der Waals surface area contributed by atoms with Gasteiger partial charge in [0.05, 0.1) is 17.7 Å². The smallest absolute Gasteiger partial charge is 0.296 e. The van der Waals surface area contributed by atoms with Gasteiger partial charge in [0.25, 0.3) is 16.0 Å². The number of methoxy groups -OCH3 is 1. The predicted octanol–water partition coefficient (Wildman–Crippen LogP) is 7.08. The molecule has 37 heavy (non-hydrogen) atoms. The van der Waals surface area contributed by atoms with E-state index in [0.29, 0.717) is 32.8 Å². The van der Waals surface area contributed by atoms with Crippen molar-refractivity contribution in [2.75, 3.05) is 12.4 Å². The lowest BCUT2D eigenvalue weighted by Crippen LogP contribution is -2.12. The topological polar surface area (TPSA) is 138 Å². The summed E-state index contributed by atoms with van der Waals surface area (Å²) in [4.78, 5) is 12.6. The van der Waals surface area contributed by atoms with Crippen LogP contribution >= 0.6 is 23.2 Å². The fraction of sp³-hybridized carbons (Fsp3) is 0.0800. The number of carbonyl (C=O) groups is 1. The maximum absolute atomic E-state index is 13.1. The highest BCUT2D eigenvalue weighted by atomic mass is 35.5. The molecule has 0 aliphatic heterocycles. The molecule has 0 radical (unpaired) electrons. The minimum atomic E-state index is -4.65. The van der Waals surface area contributed by atoms with Gasteiger partial charge in [-0.1, -0.05) is 47.5 Å². The van der Waals surface area contributed by atoms with Crippen molar-refractivity contribution in [1.82, 2.24) is 0 Å². The number of phenols is 1. The quantitative estimate of drug-likeness (QED) is 0.170. The van der Waals surface area contributed by atoms with Crippen LogP contribution in [-0.4, -0.2) is 31.1 Å². The fourth-order valence-electron chi connectivity index (χ4n) is 3.56. The number of ether oxygens (including phenoxy) is 1. The molecule has 0 saturated carbocycles. The van der Waals surface area contributed by atoms with Crippen LogP contribution in [0.15, 0.2) is 75.8 Å². The summed E-state index contributed by atoms with van der Waals surface area (Å²) in [5.41, 5.74) is 0.325. The van der Waals surface area contributed by atoms with Gasteiger partial charge in [-0.05, 0) is 48.2 Å². The molecule has 0 aromatic heterocycles. The number of nitrogens with one attached hydrogen (secondary N) is 1. The number of rotatable bonds is 6. The first-order chi connectivity index (χ1) is 17.5. The summed E-state index contributed by atoms with van der Waals surface area (Å²) >= 11 is 12.2. The Kier molecular flexibility index (Phi) is 7.37. The number of aromatic hydroxyl groups is 1. The van der Waals surface area contributed by atoms with Gasteiger partial charge in [0.2, 0.25) is 0 Å². The van der Waals surface area contributed by atoms with E-state index in [2.05, 4.69) is 15.5 Å². The van der Waals surface area contributed by atoms with Crippen LogP contribution in [0, 0.1) is 6.92 Å². The Hall–Kier alpha value is -3.70. The molecule has 0 saturated heterocycles. The first-order valence-electron chi connectivity index (χ1n) is 10.6. The summed E-state index contributed by atoms with van der Waals surface area (Å²) < 4.78 is 38.6. The third kappa shape index (κ3) is 5.52. The summed E-state index contributed by atoms with van der Waals surface area (Å²) in [6.07, 6.45) is 0. The van der Waals surface area contributed by atoms with Crippen LogP contribution in [0.1, 0.15) is 15.9 Å². The van der Waals surface area contributed by atoms with E-state index in [4.69, 9.17) is 27.9 Å². The molecule has 190 valence electrons. The second-order valence-corrected chi connectivity index (χ2v) is 10.1. The molecule has 0 atom stereocenters. The number of hydrogen-bond acceptors (Lipinski definition) is 7. The van der Waals surface area contributed by atoms with Crippen molar-refractivity contribution in [2.45, 2.75) is 11.8 Å². The molecular weight excluding hydrogens is 541 g/mol. The molecule has 1 amide bonds. The predicted molar refractivity (Wildman–Crippen MR) is 142 cm³/mol. The Morgan fingerprint density at radius 3 is 2.43 bits per heavy atom. The molecule has 4 aromatic carbocycles. The van der Waals surface area contributed by atoms with Gasteiger partial charge in [-0.3, -0.25) is 9.35 Å². The number of azo groups is 1. The molecule has 3 N–H and O–H groups in total. The zero-order valence-corrected chi connectivity index (χ0v) is 21.7. The molecule has 4 aromatic rings. The van der Waals surface area contributed by atoms with Crippen LogP contribution in [0.5, 0.6) is 11.5 Å². The third-order valence-corrected chi connectivity index (χ3v) is 7.03. The van der Waals surface area contributed by atoms with Gasteiger partial charge in [-0.15, -0.1) is 10.2 Å². The first kappa shape index (κ1) is 26.4. The van der Waals surface area contributed by atoms with Gasteiger partial charge < -0.3 is 15.2 Å². The van der Waals surface area contributed by atoms with Crippen molar-refractivity contribution in [2.24, 2.45) is 10.2 Å². The van der Waals surface area contributed by atoms with E-state index < -0.39 is 26.7 Å². The lowest BCUT2D eigenvalue weighted by molar-refractivity contribution is 0.102. The monoisotopic (exact) mass is 559 g/mol. The van der Waals surface area contributed by atoms with Crippen LogP contribution < -0.4 is 10.1 Å². The number of hydrogen-bond donors (Lipinski definition) is 3. The van der Waals surface area contributed by atoms with E-state index in [9.17, 15) is 22.9 Å². The van der Waals surface area contributed by atoms with E-state index in [0.717, 1.165) is 6.07 Å². The van der Waals surface area contributed by atoms with Gasteiger partial charge in [-0.2, -0.15) is 8.42 Å². The first-order valence-corrected chi connectivity index (χ1v) is 12.8. The average molecular weight is 560 g/mol. The number of amides is 1. The zero-order valence-electron chi connectivity index (χ0n) is 19.4. The SMILES string of the molecule is COc1cc(NC(=O)c2cc3ccccc3c(N=Nc3cc(Cl)c(C)cc3S(=O)(=O)O)c2O)ccc1Cl. The van der Waals surface area contributed by atoms with Crippen molar-refractivity contribution in [3.05, 3.63) is 81.8 Å². The molecule has 0 bridgehead atoms. The van der Waals surface area contributed by atoms with E-state index in [1.807, 2.05) is 0 Å². The second kappa shape index (κ2) is 10.3. The highest BCUT2D eigenvalue weighted by Crippen LogP contribution is 2.41. The molecule has 0 aliphatic rings. The maximum atomic E-state index is 13.1. The summed E-state index contributed by atoms with van der Waals surface area (Å²) in [5, 5.41) is 23.3. The highest BCUT2D eigenvalue weighted by Gasteiger charge is 2.21. The number of benzene rings is 4. The minimum absolute atomic E-state index is 0.0880. The summed E-state index contributed by atoms with van der Waals surface area (Å²) in [7, 11) is -3.22. The molecule has 0 aliphatic carbocycles. The lowest BCUT2D eigenvalue weighted by atomic mass is 10.0. The Bertz CT molecular complexity index is 1690. The van der Waals surface area contributed by atoms with E-state index in [1.54, 1.807) is 43.3 Å². The van der Waals surface area contributed by atoms with Crippen LogP contribution in [0.2, 0.25) is 10.0 Å². The number of fused-ring (bicyclic) bond motifs is 1. The van der Waals surface area contributed by atoms with Crippen molar-refractivity contribution >= 4 is 67.1 Å². The maximum Gasteiger partial charge on any atom is 0.296 e. The van der Waals surface area contributed by atoms with Gasteiger partial charge in [-0.25, -0.2) is 0 Å². The normalized spacial score (nSPS) is 11.7. The molecular formula is C25H19Cl2N3O6S. The van der Waals surface area contributed by atoms with Crippen molar-refractivity contribution in [1.29, 1.82) is 0 Å². The van der Waals surface area contributed by atoms with Crippen LogP contribution in [0.3, 0.4) is 0 Å². The molecule has 0 heterocycles. The average Bonchev–Trinajstić information content (AvgIpc) is 2.85. The fourth-order valence-corrected chi connectivity index (χ4v) is 4.60. The Morgan fingerprint density at radius 2 is 1.73 bits per heavy atom. The second-order valence-electron chi connectivity index (χ2n) is 7.89. The number of aryl methyl sites for hydroxylation is 1. The molecule has 0 unspecified atom stereocenters. The van der Waals surface area contributed by atoms with E-state index in [-0.39, 0.29) is 22.0 Å². The van der Waals surface area contributed by atoms with Crippen LogP contribution in [0.4, 0.5) is 17.1 Å². The van der Waals surface area contributed by atoms with E-state index >= 15 is 0 Å². The molecule has 4 rings (SSSR count). The lowest BCUT2D eigenvalue weighted by Gasteiger charge is -2.12. The minimum Gasteiger partial charge on any atom is -0.505 e. The van der Waals surface area contributed by atoms with Crippen molar-refractivity contribution in [3.8, 4) is 11.5 Å². The molecule has 9 nitrogen and oxygen atoms in total. The third-order valence-electron chi connectivity index (χ3n) is 5.42. The highest BCUT2D eigenvalue weighted by molar-refractivity contribution is 7.86. The number of nitrogens with zero attached hydrogens (tertiary/aromatic N) is 2. The van der Waals surface area contributed by atoms with Gasteiger partial charge in [0.1, 0.15) is 22.0 Å².